The van der Waals surface area contributed by atoms with Gasteiger partial charge in [-0.3, -0.25) is 14.4 Å². The van der Waals surface area contributed by atoms with E-state index in [0.29, 0.717) is 25.9 Å². The number of aliphatic carboxylic acids is 1. The summed E-state index contributed by atoms with van der Waals surface area (Å²) >= 11 is 0. The number of carboxylic acids is 1. The summed E-state index contributed by atoms with van der Waals surface area (Å²) in [6, 6.07) is 6.18. The van der Waals surface area contributed by atoms with E-state index in [1.807, 2.05) is 4.90 Å². The fourth-order valence-corrected chi connectivity index (χ4v) is 3.81. The lowest BCUT2D eigenvalue weighted by Gasteiger charge is -2.28. The quantitative estimate of drug-likeness (QED) is 0.830. The SMILES string of the molecule is CC(=O)N(CC(=O)O)C1CCCN(C(=O)CCc2ccc(C)cc2C)CC1. The third kappa shape index (κ3) is 6.08. The van der Waals surface area contributed by atoms with E-state index in [1.54, 1.807) is 0 Å². The summed E-state index contributed by atoms with van der Waals surface area (Å²) in [5, 5.41) is 9.03. The smallest absolute Gasteiger partial charge is 0.323 e. The topological polar surface area (TPSA) is 77.9 Å². The number of amides is 2. The van der Waals surface area contributed by atoms with Gasteiger partial charge in [0.2, 0.25) is 11.8 Å². The average molecular weight is 374 g/mol. The largest absolute Gasteiger partial charge is 0.480 e. The second-order valence-electron chi connectivity index (χ2n) is 7.44. The number of likely N-dealkylation sites (tertiary alicyclic amines) is 1. The van der Waals surface area contributed by atoms with Crippen molar-refractivity contribution in [3.05, 3.63) is 34.9 Å². The Balaban J connectivity index is 1.91. The van der Waals surface area contributed by atoms with Gasteiger partial charge in [0.15, 0.2) is 0 Å². The first-order valence-corrected chi connectivity index (χ1v) is 9.61. The number of nitrogens with zero attached hydrogens (tertiary/aromatic N) is 2. The van der Waals surface area contributed by atoms with Crippen LogP contribution in [0.1, 0.15) is 49.3 Å². The van der Waals surface area contributed by atoms with Crippen LogP contribution in [0.2, 0.25) is 0 Å². The standard InChI is InChI=1S/C21H30N2O4/c1-15-6-7-18(16(2)13-15)8-9-20(25)22-11-4-5-19(10-12-22)23(17(3)24)14-21(26)27/h6-7,13,19H,4-5,8-12,14H2,1-3H3,(H,26,27). The molecule has 1 aliphatic heterocycles. The molecule has 6 nitrogen and oxygen atoms in total. The molecule has 0 radical (unpaired) electrons. The van der Waals surface area contributed by atoms with E-state index < -0.39 is 5.97 Å². The van der Waals surface area contributed by atoms with Gasteiger partial charge in [0.05, 0.1) is 0 Å². The highest BCUT2D eigenvalue weighted by Gasteiger charge is 2.27. The normalized spacial score (nSPS) is 17.3. The first-order chi connectivity index (χ1) is 12.8. The first kappa shape index (κ1) is 20.9. The summed E-state index contributed by atoms with van der Waals surface area (Å²) < 4.78 is 0. The molecular weight excluding hydrogens is 344 g/mol. The number of hydrogen-bond donors (Lipinski definition) is 1. The number of benzene rings is 1. The van der Waals surface area contributed by atoms with Gasteiger partial charge in [0, 0.05) is 32.5 Å². The van der Waals surface area contributed by atoms with Gasteiger partial charge in [-0.1, -0.05) is 23.8 Å². The predicted molar refractivity (Wildman–Crippen MR) is 103 cm³/mol. The van der Waals surface area contributed by atoms with Crippen molar-refractivity contribution in [2.75, 3.05) is 19.6 Å². The number of carbonyl (C=O) groups excluding carboxylic acids is 2. The average Bonchev–Trinajstić information content (AvgIpc) is 2.84. The lowest BCUT2D eigenvalue weighted by Crippen LogP contribution is -2.43. The van der Waals surface area contributed by atoms with Gasteiger partial charge in [-0.25, -0.2) is 0 Å². The van der Waals surface area contributed by atoms with Crippen LogP contribution in [-0.4, -0.2) is 58.4 Å². The van der Waals surface area contributed by atoms with E-state index >= 15 is 0 Å². The van der Waals surface area contributed by atoms with Crippen LogP contribution in [0.3, 0.4) is 0 Å². The Kier molecular flexibility index (Phi) is 7.39. The van der Waals surface area contributed by atoms with Crippen LogP contribution in [0.5, 0.6) is 0 Å². The molecule has 1 N–H and O–H groups in total. The van der Waals surface area contributed by atoms with Gasteiger partial charge in [-0.05, 0) is 50.7 Å². The van der Waals surface area contributed by atoms with E-state index in [0.717, 1.165) is 19.3 Å². The van der Waals surface area contributed by atoms with Crippen molar-refractivity contribution in [2.45, 2.75) is 58.9 Å². The predicted octanol–water partition coefficient (Wildman–Crippen LogP) is 2.55. The van der Waals surface area contributed by atoms with Gasteiger partial charge in [0.25, 0.3) is 0 Å². The fourth-order valence-electron chi connectivity index (χ4n) is 3.81. The number of rotatable bonds is 6. The lowest BCUT2D eigenvalue weighted by atomic mass is 10.0. The van der Waals surface area contributed by atoms with E-state index in [1.165, 1.54) is 28.5 Å². The summed E-state index contributed by atoms with van der Waals surface area (Å²) in [7, 11) is 0. The van der Waals surface area contributed by atoms with Gasteiger partial charge in [-0.2, -0.15) is 0 Å². The van der Waals surface area contributed by atoms with Gasteiger partial charge in [0.1, 0.15) is 6.54 Å². The molecule has 148 valence electrons. The zero-order valence-electron chi connectivity index (χ0n) is 16.5. The van der Waals surface area contributed by atoms with Gasteiger partial charge >= 0.3 is 5.97 Å². The molecule has 0 saturated carbocycles. The van der Waals surface area contributed by atoms with Crippen LogP contribution >= 0.6 is 0 Å². The molecule has 1 aromatic carbocycles. The van der Waals surface area contributed by atoms with E-state index in [-0.39, 0.29) is 24.4 Å². The van der Waals surface area contributed by atoms with Crippen LogP contribution in [0.15, 0.2) is 18.2 Å². The maximum absolute atomic E-state index is 12.6. The third-order valence-corrected chi connectivity index (χ3v) is 5.31. The molecule has 1 fully saturated rings. The molecule has 1 aliphatic rings. The van der Waals surface area contributed by atoms with Crippen molar-refractivity contribution in [3.8, 4) is 0 Å². The molecule has 1 atom stereocenters. The first-order valence-electron chi connectivity index (χ1n) is 9.61. The highest BCUT2D eigenvalue weighted by atomic mass is 16.4. The molecule has 1 unspecified atom stereocenters. The Hall–Kier alpha value is -2.37. The summed E-state index contributed by atoms with van der Waals surface area (Å²) in [6.07, 6.45) is 3.34. The van der Waals surface area contributed by atoms with Crippen molar-refractivity contribution >= 4 is 17.8 Å². The molecule has 0 aliphatic carbocycles. The van der Waals surface area contributed by atoms with Crippen molar-refractivity contribution in [1.29, 1.82) is 0 Å². The fraction of sp³-hybridized carbons (Fsp3) is 0.571. The molecule has 0 aromatic heterocycles. The Labute approximate surface area is 161 Å². The van der Waals surface area contributed by atoms with Crippen LogP contribution in [0, 0.1) is 13.8 Å². The number of carboxylic acid groups (broad SMARTS) is 1. The summed E-state index contributed by atoms with van der Waals surface area (Å²) in [6.45, 7) is 6.49. The molecule has 1 saturated heterocycles. The van der Waals surface area contributed by atoms with E-state index in [9.17, 15) is 14.4 Å². The summed E-state index contributed by atoms with van der Waals surface area (Å²) in [5.74, 6) is -1.10. The lowest BCUT2D eigenvalue weighted by molar-refractivity contribution is -0.145. The van der Waals surface area contributed by atoms with Gasteiger partial charge < -0.3 is 14.9 Å². The van der Waals surface area contributed by atoms with Crippen LogP contribution in [-0.2, 0) is 20.8 Å². The van der Waals surface area contributed by atoms with Crippen LogP contribution in [0.25, 0.3) is 0 Å². The zero-order valence-corrected chi connectivity index (χ0v) is 16.5. The Bertz CT molecular complexity index is 701. The van der Waals surface area contributed by atoms with E-state index in [2.05, 4.69) is 32.0 Å². The van der Waals surface area contributed by atoms with Crippen molar-refractivity contribution in [2.24, 2.45) is 0 Å². The minimum atomic E-state index is -1.00. The van der Waals surface area contributed by atoms with Crippen molar-refractivity contribution in [1.82, 2.24) is 9.80 Å². The Morgan fingerprint density at radius 1 is 1.19 bits per heavy atom. The molecular formula is C21H30N2O4. The molecule has 2 amide bonds. The second kappa shape index (κ2) is 9.53. The molecule has 1 heterocycles. The summed E-state index contributed by atoms with van der Waals surface area (Å²) in [4.78, 5) is 38.8. The number of carbonyl (C=O) groups is 3. The molecule has 6 heteroatoms. The van der Waals surface area contributed by atoms with E-state index in [4.69, 9.17) is 5.11 Å². The third-order valence-electron chi connectivity index (χ3n) is 5.31. The molecule has 27 heavy (non-hydrogen) atoms. The van der Waals surface area contributed by atoms with Crippen LogP contribution in [0.4, 0.5) is 0 Å². The summed E-state index contributed by atoms with van der Waals surface area (Å²) in [5.41, 5.74) is 3.63. The van der Waals surface area contributed by atoms with Gasteiger partial charge in [-0.15, -0.1) is 0 Å². The Morgan fingerprint density at radius 2 is 1.93 bits per heavy atom. The molecule has 2 rings (SSSR count). The zero-order chi connectivity index (χ0) is 20.0. The number of hydrogen-bond acceptors (Lipinski definition) is 3. The number of aryl methyl sites for hydroxylation is 3. The highest BCUT2D eigenvalue weighted by Crippen LogP contribution is 2.19. The molecule has 0 spiro atoms. The highest BCUT2D eigenvalue weighted by molar-refractivity contribution is 5.80. The maximum atomic E-state index is 12.6. The molecule has 1 aromatic rings. The maximum Gasteiger partial charge on any atom is 0.323 e. The van der Waals surface area contributed by atoms with Crippen LogP contribution < -0.4 is 0 Å². The van der Waals surface area contributed by atoms with Crippen molar-refractivity contribution < 1.29 is 19.5 Å². The van der Waals surface area contributed by atoms with Crippen molar-refractivity contribution in [3.63, 3.8) is 0 Å². The second-order valence-corrected chi connectivity index (χ2v) is 7.44. The Morgan fingerprint density at radius 3 is 2.56 bits per heavy atom. The minimum absolute atomic E-state index is 0.115. The monoisotopic (exact) mass is 374 g/mol. The molecule has 0 bridgehead atoms. The minimum Gasteiger partial charge on any atom is -0.480 e.